The lowest BCUT2D eigenvalue weighted by Crippen LogP contribution is -2.45. The molecule has 0 radical (unpaired) electrons. The number of methoxy groups -OCH3 is 2. The molecule has 0 aliphatic rings. The van der Waals surface area contributed by atoms with E-state index in [2.05, 4.69) is 15.9 Å². The van der Waals surface area contributed by atoms with Crippen molar-refractivity contribution >= 4 is 28.3 Å². The van der Waals surface area contributed by atoms with E-state index in [9.17, 15) is 22.0 Å². The predicted octanol–water partition coefficient (Wildman–Crippen LogP) is 4.09. The summed E-state index contributed by atoms with van der Waals surface area (Å²) >= 11 is 3.07. The minimum atomic E-state index is -5.75. The Morgan fingerprint density at radius 1 is 1.05 bits per heavy atom. The van der Waals surface area contributed by atoms with Gasteiger partial charge >= 0.3 is 12.1 Å². The molecule has 122 valence electrons. The third kappa shape index (κ3) is 3.89. The van der Waals surface area contributed by atoms with Crippen LogP contribution in [0.4, 0.5) is 22.0 Å². The van der Waals surface area contributed by atoms with Gasteiger partial charge in [-0.15, -0.1) is 12.4 Å². The molecule has 2 N–H and O–H groups in total. The molecule has 0 aliphatic heterocycles. The molecule has 1 atom stereocenters. The highest BCUT2D eigenvalue weighted by Gasteiger charge is 2.61. The van der Waals surface area contributed by atoms with Crippen LogP contribution in [0.3, 0.4) is 0 Å². The van der Waals surface area contributed by atoms with E-state index < -0.39 is 23.7 Å². The van der Waals surface area contributed by atoms with Crippen LogP contribution in [-0.4, -0.2) is 26.3 Å². The van der Waals surface area contributed by atoms with Crippen LogP contribution in [0.5, 0.6) is 11.5 Å². The van der Waals surface area contributed by atoms with Crippen molar-refractivity contribution in [1.82, 2.24) is 0 Å². The second-order valence-electron chi connectivity index (χ2n) is 3.84. The molecular weight excluding hydrogens is 388 g/mol. The van der Waals surface area contributed by atoms with Crippen molar-refractivity contribution in [1.29, 1.82) is 0 Å². The van der Waals surface area contributed by atoms with E-state index in [1.807, 2.05) is 0 Å². The third-order valence-electron chi connectivity index (χ3n) is 2.60. The standard InChI is InChI=1S/C11H11BrF5NO2.ClH/c1-19-6-3-5(4-7(20-2)8(6)12)9(18)10(13,14)11(15,16)17;/h3-4,9H,18H2,1-2H3;1H/t9-;/m0./s1. The highest BCUT2D eigenvalue weighted by molar-refractivity contribution is 9.10. The number of rotatable bonds is 4. The zero-order valence-corrected chi connectivity index (χ0v) is 13.2. The van der Waals surface area contributed by atoms with Gasteiger partial charge in [-0.3, -0.25) is 0 Å². The van der Waals surface area contributed by atoms with Gasteiger partial charge in [0.25, 0.3) is 0 Å². The van der Waals surface area contributed by atoms with Gasteiger partial charge in [-0.2, -0.15) is 22.0 Å². The molecule has 1 rings (SSSR count). The minimum Gasteiger partial charge on any atom is -0.495 e. The first-order valence-corrected chi connectivity index (χ1v) is 5.97. The summed E-state index contributed by atoms with van der Waals surface area (Å²) in [6.07, 6.45) is -5.75. The highest BCUT2D eigenvalue weighted by Crippen LogP contribution is 2.45. The normalized spacial score (nSPS) is 13.4. The van der Waals surface area contributed by atoms with Gasteiger partial charge in [-0.25, -0.2) is 0 Å². The molecule has 3 nitrogen and oxygen atoms in total. The largest absolute Gasteiger partial charge is 0.495 e. The topological polar surface area (TPSA) is 44.5 Å². The van der Waals surface area contributed by atoms with Crippen LogP contribution in [0.25, 0.3) is 0 Å². The second kappa shape index (κ2) is 6.97. The van der Waals surface area contributed by atoms with Gasteiger partial charge in [-0.1, -0.05) is 0 Å². The lowest BCUT2D eigenvalue weighted by molar-refractivity contribution is -0.291. The van der Waals surface area contributed by atoms with Crippen molar-refractivity contribution in [2.24, 2.45) is 5.73 Å². The fourth-order valence-electron chi connectivity index (χ4n) is 1.45. The summed E-state index contributed by atoms with van der Waals surface area (Å²) in [5.41, 5.74) is 4.61. The summed E-state index contributed by atoms with van der Waals surface area (Å²) < 4.78 is 73.4. The van der Waals surface area contributed by atoms with Crippen LogP contribution in [0.15, 0.2) is 16.6 Å². The summed E-state index contributed by atoms with van der Waals surface area (Å²) in [5, 5.41) is 0. The summed E-state index contributed by atoms with van der Waals surface area (Å²) in [7, 11) is 2.47. The summed E-state index contributed by atoms with van der Waals surface area (Å²) in [5.74, 6) is -5.00. The number of halogens is 7. The highest BCUT2D eigenvalue weighted by atomic mass is 79.9. The fourth-order valence-corrected chi connectivity index (χ4v) is 2.01. The molecule has 0 aliphatic carbocycles. The van der Waals surface area contributed by atoms with Crippen LogP contribution in [0.1, 0.15) is 11.6 Å². The number of hydrogen-bond acceptors (Lipinski definition) is 3. The Hall–Kier alpha value is -0.800. The molecule has 1 aromatic carbocycles. The zero-order valence-electron chi connectivity index (χ0n) is 10.8. The molecule has 0 aromatic heterocycles. The number of hydrogen-bond donors (Lipinski definition) is 1. The molecular formula is C11H12BrClF5NO2. The lowest BCUT2D eigenvalue weighted by Gasteiger charge is -2.26. The molecule has 1 aromatic rings. The molecule has 21 heavy (non-hydrogen) atoms. The van der Waals surface area contributed by atoms with Crippen LogP contribution in [0.2, 0.25) is 0 Å². The average molecular weight is 401 g/mol. The molecule has 0 heterocycles. The van der Waals surface area contributed by atoms with Gasteiger partial charge in [-0.05, 0) is 33.6 Å². The molecule has 0 amide bonds. The van der Waals surface area contributed by atoms with E-state index in [-0.39, 0.29) is 28.4 Å². The molecule has 0 unspecified atom stereocenters. The average Bonchev–Trinajstić information content (AvgIpc) is 2.36. The number of benzene rings is 1. The van der Waals surface area contributed by atoms with Crippen molar-refractivity contribution in [3.63, 3.8) is 0 Å². The first-order chi connectivity index (χ1) is 9.06. The van der Waals surface area contributed by atoms with Crippen LogP contribution in [-0.2, 0) is 0 Å². The van der Waals surface area contributed by atoms with Crippen molar-refractivity contribution in [3.8, 4) is 11.5 Å². The summed E-state index contributed by atoms with van der Waals surface area (Å²) in [6.45, 7) is 0. The number of nitrogens with two attached hydrogens (primary N) is 1. The SMILES string of the molecule is COc1cc([C@H](N)C(F)(F)C(F)(F)F)cc(OC)c1Br.Cl. The van der Waals surface area contributed by atoms with Gasteiger partial charge in [0.2, 0.25) is 0 Å². The Morgan fingerprint density at radius 2 is 1.43 bits per heavy atom. The van der Waals surface area contributed by atoms with Crippen molar-refractivity contribution < 1.29 is 31.4 Å². The Morgan fingerprint density at radius 3 is 1.71 bits per heavy atom. The van der Waals surface area contributed by atoms with Gasteiger partial charge in [0.1, 0.15) is 22.0 Å². The molecule has 10 heteroatoms. The maximum absolute atomic E-state index is 13.2. The van der Waals surface area contributed by atoms with Crippen molar-refractivity contribution in [3.05, 3.63) is 22.2 Å². The van der Waals surface area contributed by atoms with Crippen LogP contribution in [0, 0.1) is 0 Å². The zero-order chi connectivity index (χ0) is 15.7. The lowest BCUT2D eigenvalue weighted by atomic mass is 10.0. The summed E-state index contributed by atoms with van der Waals surface area (Å²) in [4.78, 5) is 0. The van der Waals surface area contributed by atoms with Crippen LogP contribution >= 0.6 is 28.3 Å². The fraction of sp³-hybridized carbons (Fsp3) is 0.455. The third-order valence-corrected chi connectivity index (χ3v) is 3.38. The monoisotopic (exact) mass is 399 g/mol. The molecule has 0 saturated heterocycles. The maximum atomic E-state index is 13.2. The van der Waals surface area contributed by atoms with Crippen molar-refractivity contribution in [2.45, 2.75) is 18.1 Å². The Balaban J connectivity index is 0.00000400. The molecule has 0 saturated carbocycles. The summed E-state index contributed by atoms with van der Waals surface area (Å²) in [6, 6.07) is -0.577. The Bertz CT molecular complexity index is 473. The van der Waals surface area contributed by atoms with Crippen molar-refractivity contribution in [2.75, 3.05) is 14.2 Å². The van der Waals surface area contributed by atoms with E-state index in [1.165, 1.54) is 14.2 Å². The minimum absolute atomic E-state index is 0. The van der Waals surface area contributed by atoms with Gasteiger partial charge in [0.15, 0.2) is 0 Å². The van der Waals surface area contributed by atoms with E-state index in [1.54, 1.807) is 0 Å². The first-order valence-electron chi connectivity index (χ1n) is 5.17. The van der Waals surface area contributed by atoms with E-state index in [0.717, 1.165) is 12.1 Å². The second-order valence-corrected chi connectivity index (χ2v) is 4.63. The smallest absolute Gasteiger partial charge is 0.455 e. The predicted molar refractivity (Wildman–Crippen MR) is 72.4 cm³/mol. The number of alkyl halides is 5. The van der Waals surface area contributed by atoms with Gasteiger partial charge in [0.05, 0.1) is 14.2 Å². The molecule has 0 bridgehead atoms. The Labute approximate surface area is 132 Å². The van der Waals surface area contributed by atoms with Gasteiger partial charge in [0, 0.05) is 0 Å². The van der Waals surface area contributed by atoms with E-state index >= 15 is 0 Å². The Kier molecular flexibility index (Phi) is 6.71. The first kappa shape index (κ1) is 20.2. The number of ether oxygens (including phenoxy) is 2. The van der Waals surface area contributed by atoms with E-state index in [0.29, 0.717) is 0 Å². The molecule has 0 fully saturated rings. The van der Waals surface area contributed by atoms with Crippen LogP contribution < -0.4 is 15.2 Å². The van der Waals surface area contributed by atoms with E-state index in [4.69, 9.17) is 15.2 Å². The quantitative estimate of drug-likeness (QED) is 0.775. The molecule has 0 spiro atoms. The maximum Gasteiger partial charge on any atom is 0.455 e. The van der Waals surface area contributed by atoms with Gasteiger partial charge < -0.3 is 15.2 Å².